The highest BCUT2D eigenvalue weighted by Crippen LogP contribution is 2.56. The molecule has 24 heavy (non-hydrogen) atoms. The van der Waals surface area contributed by atoms with Crippen molar-refractivity contribution in [3.63, 3.8) is 0 Å². The van der Waals surface area contributed by atoms with Gasteiger partial charge in [-0.25, -0.2) is 0 Å². The summed E-state index contributed by atoms with van der Waals surface area (Å²) < 4.78 is 5.10. The minimum atomic E-state index is -0.0551. The molecule has 0 radical (unpaired) electrons. The lowest BCUT2D eigenvalue weighted by atomic mass is 9.50. The molecule has 4 saturated carbocycles. The monoisotopic (exact) mass is 334 g/mol. The summed E-state index contributed by atoms with van der Waals surface area (Å²) >= 11 is 0. The molecule has 4 aliphatic carbocycles. The summed E-state index contributed by atoms with van der Waals surface area (Å²) in [6.45, 7) is 1.95. The smallest absolute Gasteiger partial charge is 0.309 e. The Labute approximate surface area is 144 Å². The summed E-state index contributed by atoms with van der Waals surface area (Å²) in [5, 5.41) is 3.39. The van der Waals surface area contributed by atoms with Crippen molar-refractivity contribution in [3.05, 3.63) is 0 Å². The third-order valence-electron chi connectivity index (χ3n) is 7.20. The Bertz CT molecular complexity index is 523. The lowest BCUT2D eigenvalue weighted by Gasteiger charge is -2.57. The molecule has 7 atom stereocenters. The lowest BCUT2D eigenvalue weighted by molar-refractivity contribution is -0.163. The van der Waals surface area contributed by atoms with Crippen LogP contribution >= 0.6 is 0 Å². The van der Waals surface area contributed by atoms with Crippen LogP contribution in [-0.4, -0.2) is 50.1 Å². The van der Waals surface area contributed by atoms with Gasteiger partial charge in [-0.1, -0.05) is 0 Å². The summed E-state index contributed by atoms with van der Waals surface area (Å²) in [4.78, 5) is 27.4. The van der Waals surface area contributed by atoms with E-state index in [4.69, 9.17) is 4.74 Å². The second-order valence-electron chi connectivity index (χ2n) is 8.68. The largest absolute Gasteiger partial charge is 0.469 e. The van der Waals surface area contributed by atoms with Crippen molar-refractivity contribution in [2.45, 2.75) is 44.6 Å². The standard InChI is InChI=1S/C19H30N2O3/c1-21-5-3-4-12(10-21)18(22)20-17-14-7-11-6-13(9-14)16(15(17)8-11)19(23)24-2/h11-17H,3-10H2,1-2H3,(H,20,22). The first kappa shape index (κ1) is 16.4. The van der Waals surface area contributed by atoms with Gasteiger partial charge in [0.1, 0.15) is 0 Å². The number of amides is 1. The van der Waals surface area contributed by atoms with Crippen LogP contribution in [-0.2, 0) is 14.3 Å². The number of nitrogens with zero attached hydrogens (tertiary/aromatic N) is 1. The van der Waals surface area contributed by atoms with E-state index in [0.717, 1.165) is 44.7 Å². The molecule has 7 unspecified atom stereocenters. The van der Waals surface area contributed by atoms with E-state index in [1.165, 1.54) is 20.0 Å². The summed E-state index contributed by atoms with van der Waals surface area (Å²) in [7, 11) is 3.59. The van der Waals surface area contributed by atoms with E-state index < -0.39 is 0 Å². The van der Waals surface area contributed by atoms with Gasteiger partial charge in [0.05, 0.1) is 18.9 Å². The van der Waals surface area contributed by atoms with Gasteiger partial charge in [-0.05, 0) is 75.8 Å². The van der Waals surface area contributed by atoms with Crippen LogP contribution in [0.5, 0.6) is 0 Å². The van der Waals surface area contributed by atoms with Gasteiger partial charge in [0.25, 0.3) is 0 Å². The van der Waals surface area contributed by atoms with Gasteiger partial charge in [0, 0.05) is 12.6 Å². The Morgan fingerprint density at radius 1 is 1.12 bits per heavy atom. The Hall–Kier alpha value is -1.10. The van der Waals surface area contributed by atoms with E-state index >= 15 is 0 Å². The third-order valence-corrected chi connectivity index (χ3v) is 7.20. The number of nitrogens with one attached hydrogen (secondary N) is 1. The van der Waals surface area contributed by atoms with Crippen LogP contribution in [0.1, 0.15) is 38.5 Å². The van der Waals surface area contributed by atoms with Crippen molar-refractivity contribution in [3.8, 4) is 0 Å². The van der Waals surface area contributed by atoms with E-state index in [1.807, 2.05) is 0 Å². The number of hydrogen-bond donors (Lipinski definition) is 1. The van der Waals surface area contributed by atoms with Crippen LogP contribution in [0, 0.1) is 35.5 Å². The molecule has 0 aromatic carbocycles. The molecule has 1 aliphatic heterocycles. The topological polar surface area (TPSA) is 58.6 Å². The van der Waals surface area contributed by atoms with Gasteiger partial charge < -0.3 is 15.0 Å². The molecular formula is C19H30N2O3. The SMILES string of the molecule is COC(=O)C1C2CC3CC(C2)C(NC(=O)C2CCCN(C)C2)C1C3. The summed E-state index contributed by atoms with van der Waals surface area (Å²) in [5.74, 6) is 2.36. The van der Waals surface area contributed by atoms with Gasteiger partial charge in [-0.2, -0.15) is 0 Å². The fraction of sp³-hybridized carbons (Fsp3) is 0.895. The van der Waals surface area contributed by atoms with Crippen LogP contribution in [0.2, 0.25) is 0 Å². The molecule has 134 valence electrons. The predicted molar refractivity (Wildman–Crippen MR) is 90.1 cm³/mol. The average Bonchev–Trinajstić information content (AvgIpc) is 2.57. The van der Waals surface area contributed by atoms with Crippen molar-refractivity contribution >= 4 is 11.9 Å². The van der Waals surface area contributed by atoms with Crippen molar-refractivity contribution in [1.29, 1.82) is 0 Å². The molecule has 1 amide bonds. The minimum Gasteiger partial charge on any atom is -0.469 e. The molecule has 0 aromatic rings. The van der Waals surface area contributed by atoms with E-state index in [1.54, 1.807) is 0 Å². The molecule has 5 aliphatic rings. The normalized spacial score (nSPS) is 44.3. The Morgan fingerprint density at radius 2 is 1.92 bits per heavy atom. The highest BCUT2D eigenvalue weighted by atomic mass is 16.5. The predicted octanol–water partition coefficient (Wildman–Crippen LogP) is 1.67. The maximum atomic E-state index is 12.8. The molecule has 1 N–H and O–H groups in total. The summed E-state index contributed by atoms with van der Waals surface area (Å²) in [5.41, 5.74) is 0. The minimum absolute atomic E-state index is 0.00197. The fourth-order valence-corrected chi connectivity index (χ4v) is 6.30. The number of esters is 1. The molecule has 0 spiro atoms. The fourth-order valence-electron chi connectivity index (χ4n) is 6.30. The van der Waals surface area contributed by atoms with Crippen molar-refractivity contribution in [1.82, 2.24) is 10.2 Å². The molecular weight excluding hydrogens is 304 g/mol. The Kier molecular flexibility index (Phi) is 4.31. The highest BCUT2D eigenvalue weighted by molar-refractivity contribution is 5.80. The van der Waals surface area contributed by atoms with Crippen LogP contribution in [0.4, 0.5) is 0 Å². The zero-order valence-electron chi connectivity index (χ0n) is 14.9. The maximum absolute atomic E-state index is 12.8. The molecule has 5 fully saturated rings. The van der Waals surface area contributed by atoms with Crippen molar-refractivity contribution in [2.75, 3.05) is 27.2 Å². The number of ether oxygens (including phenoxy) is 1. The number of piperidine rings is 1. The van der Waals surface area contributed by atoms with E-state index in [2.05, 4.69) is 17.3 Å². The van der Waals surface area contributed by atoms with Crippen molar-refractivity contribution in [2.24, 2.45) is 35.5 Å². The van der Waals surface area contributed by atoms with Gasteiger partial charge in [-0.3, -0.25) is 9.59 Å². The first-order valence-corrected chi connectivity index (χ1v) is 9.63. The quantitative estimate of drug-likeness (QED) is 0.798. The summed E-state index contributed by atoms with van der Waals surface area (Å²) in [6, 6.07) is 0.182. The van der Waals surface area contributed by atoms with Gasteiger partial charge >= 0.3 is 5.97 Å². The third kappa shape index (κ3) is 2.75. The molecule has 1 saturated heterocycles. The second-order valence-corrected chi connectivity index (χ2v) is 8.68. The van der Waals surface area contributed by atoms with Crippen LogP contribution in [0.15, 0.2) is 0 Å². The zero-order chi connectivity index (χ0) is 16.8. The van der Waals surface area contributed by atoms with E-state index in [0.29, 0.717) is 17.8 Å². The van der Waals surface area contributed by atoms with Gasteiger partial charge in [0.15, 0.2) is 0 Å². The number of rotatable bonds is 3. The van der Waals surface area contributed by atoms with E-state index in [-0.39, 0.29) is 29.8 Å². The Balaban J connectivity index is 1.48. The maximum Gasteiger partial charge on any atom is 0.309 e. The van der Waals surface area contributed by atoms with Crippen LogP contribution in [0.3, 0.4) is 0 Å². The molecule has 0 aromatic heterocycles. The number of hydrogen-bond acceptors (Lipinski definition) is 4. The number of likely N-dealkylation sites (tertiary alicyclic amines) is 1. The first-order chi connectivity index (χ1) is 11.6. The molecule has 1 heterocycles. The van der Waals surface area contributed by atoms with Gasteiger partial charge in [-0.15, -0.1) is 0 Å². The number of carbonyl (C=O) groups is 2. The van der Waals surface area contributed by atoms with E-state index in [9.17, 15) is 9.59 Å². The number of methoxy groups -OCH3 is 1. The van der Waals surface area contributed by atoms with Crippen LogP contribution < -0.4 is 5.32 Å². The first-order valence-electron chi connectivity index (χ1n) is 9.63. The summed E-state index contributed by atoms with van der Waals surface area (Å²) in [6.07, 6.45) is 6.67. The average molecular weight is 334 g/mol. The second kappa shape index (κ2) is 6.32. The zero-order valence-corrected chi connectivity index (χ0v) is 14.9. The van der Waals surface area contributed by atoms with Crippen LogP contribution in [0.25, 0.3) is 0 Å². The molecule has 5 heteroatoms. The molecule has 5 rings (SSSR count). The Morgan fingerprint density at radius 3 is 2.67 bits per heavy atom. The lowest BCUT2D eigenvalue weighted by Crippen LogP contribution is -2.62. The molecule has 4 bridgehead atoms. The van der Waals surface area contributed by atoms with Crippen molar-refractivity contribution < 1.29 is 14.3 Å². The highest BCUT2D eigenvalue weighted by Gasteiger charge is 2.56. The van der Waals surface area contributed by atoms with Gasteiger partial charge in [0.2, 0.25) is 5.91 Å². The number of carbonyl (C=O) groups excluding carboxylic acids is 2. The molecule has 5 nitrogen and oxygen atoms in total.